The van der Waals surface area contributed by atoms with Gasteiger partial charge in [-0.3, -0.25) is 14.2 Å². The van der Waals surface area contributed by atoms with Crippen molar-refractivity contribution in [1.29, 1.82) is 0 Å². The van der Waals surface area contributed by atoms with Crippen LogP contribution in [0.4, 0.5) is 5.82 Å². The highest BCUT2D eigenvalue weighted by atomic mass is 32.1. The van der Waals surface area contributed by atoms with Crippen LogP contribution in [-0.2, 0) is 22.5 Å². The molecule has 0 spiro atoms. The van der Waals surface area contributed by atoms with Crippen LogP contribution in [0.2, 0.25) is 0 Å². The lowest BCUT2D eigenvalue weighted by Crippen LogP contribution is -2.22. The largest absolute Gasteiger partial charge is 0.469 e. The third-order valence-electron chi connectivity index (χ3n) is 3.83. The number of anilines is 1. The number of furan rings is 1. The highest BCUT2D eigenvalue weighted by Crippen LogP contribution is 2.26. The number of carbonyl (C=O) groups is 2. The lowest BCUT2D eigenvalue weighted by Gasteiger charge is -2.08. The van der Waals surface area contributed by atoms with E-state index in [4.69, 9.17) is 22.4 Å². The van der Waals surface area contributed by atoms with Crippen molar-refractivity contribution in [2.45, 2.75) is 13.0 Å². The molecule has 7 nitrogen and oxygen atoms in total. The first-order valence-electron chi connectivity index (χ1n) is 7.97. The number of carbonyl (C=O) groups excluding carboxylic acids is 2. The minimum Gasteiger partial charge on any atom is -0.469 e. The number of amides is 1. The summed E-state index contributed by atoms with van der Waals surface area (Å²) in [4.78, 5) is 24.1. The highest BCUT2D eigenvalue weighted by Gasteiger charge is 2.18. The van der Waals surface area contributed by atoms with Crippen LogP contribution in [0, 0.1) is 3.95 Å². The van der Waals surface area contributed by atoms with Crippen molar-refractivity contribution in [3.8, 4) is 5.69 Å². The number of methoxy groups -OCH3 is 1. The average molecular weight is 403 g/mol. The minimum absolute atomic E-state index is 0.182. The number of hydrogen-bond donors (Lipinski definition) is 2. The second-order valence-corrected chi connectivity index (χ2v) is 7.24. The summed E-state index contributed by atoms with van der Waals surface area (Å²) in [5, 5.41) is 2.76. The average Bonchev–Trinajstić information content (AvgIpc) is 3.28. The van der Waals surface area contributed by atoms with Crippen molar-refractivity contribution >= 4 is 41.2 Å². The summed E-state index contributed by atoms with van der Waals surface area (Å²) in [5.74, 6) is 0.278. The molecule has 140 valence electrons. The Kier molecular flexibility index (Phi) is 5.72. The second kappa shape index (κ2) is 8.19. The van der Waals surface area contributed by atoms with Crippen LogP contribution >= 0.6 is 23.6 Å². The fourth-order valence-corrected chi connectivity index (χ4v) is 3.74. The zero-order valence-electron chi connectivity index (χ0n) is 14.4. The molecule has 0 aliphatic carbocycles. The molecule has 3 rings (SSSR count). The molecule has 2 aromatic heterocycles. The molecule has 0 saturated carbocycles. The summed E-state index contributed by atoms with van der Waals surface area (Å²) in [6.45, 7) is 0.262. The van der Waals surface area contributed by atoms with E-state index in [0.29, 0.717) is 20.3 Å². The van der Waals surface area contributed by atoms with Crippen LogP contribution < -0.4 is 11.1 Å². The van der Waals surface area contributed by atoms with E-state index in [9.17, 15) is 9.59 Å². The van der Waals surface area contributed by atoms with Gasteiger partial charge < -0.3 is 20.2 Å². The SMILES string of the molecule is COC(=O)Cc1ccc(-n2c(N)c(C(=O)NCc3ccco3)sc2=S)cc1. The molecular weight excluding hydrogens is 386 g/mol. The van der Waals surface area contributed by atoms with Gasteiger partial charge in [-0.15, -0.1) is 0 Å². The summed E-state index contributed by atoms with van der Waals surface area (Å²) in [6, 6.07) is 10.7. The number of nitrogens with two attached hydrogens (primary N) is 1. The van der Waals surface area contributed by atoms with Crippen LogP contribution in [-0.4, -0.2) is 23.6 Å². The Balaban J connectivity index is 1.80. The van der Waals surface area contributed by atoms with Gasteiger partial charge >= 0.3 is 5.97 Å². The van der Waals surface area contributed by atoms with Crippen LogP contribution in [0.15, 0.2) is 47.1 Å². The first-order valence-corrected chi connectivity index (χ1v) is 9.20. The molecule has 0 unspecified atom stereocenters. The molecule has 3 N–H and O–H groups in total. The van der Waals surface area contributed by atoms with Crippen molar-refractivity contribution in [3.63, 3.8) is 0 Å². The number of rotatable bonds is 6. The lowest BCUT2D eigenvalue weighted by molar-refractivity contribution is -0.139. The molecule has 2 heterocycles. The van der Waals surface area contributed by atoms with Gasteiger partial charge in [-0.1, -0.05) is 23.5 Å². The van der Waals surface area contributed by atoms with Gasteiger partial charge in [0.25, 0.3) is 5.91 Å². The van der Waals surface area contributed by atoms with Crippen LogP contribution in [0.1, 0.15) is 21.0 Å². The van der Waals surface area contributed by atoms with Gasteiger partial charge in [0.1, 0.15) is 16.5 Å². The number of nitrogens with one attached hydrogen (secondary N) is 1. The zero-order chi connectivity index (χ0) is 19.4. The van der Waals surface area contributed by atoms with Crippen molar-refractivity contribution in [3.05, 3.63) is 62.8 Å². The third kappa shape index (κ3) is 4.26. The van der Waals surface area contributed by atoms with Gasteiger partial charge in [-0.05, 0) is 42.0 Å². The first-order chi connectivity index (χ1) is 13.0. The number of benzene rings is 1. The Morgan fingerprint density at radius 2 is 2.04 bits per heavy atom. The lowest BCUT2D eigenvalue weighted by atomic mass is 10.1. The molecule has 27 heavy (non-hydrogen) atoms. The monoisotopic (exact) mass is 403 g/mol. The molecule has 0 aliphatic heterocycles. The van der Waals surface area contributed by atoms with Crippen LogP contribution in [0.25, 0.3) is 5.69 Å². The van der Waals surface area contributed by atoms with E-state index in [0.717, 1.165) is 16.9 Å². The maximum atomic E-state index is 12.4. The number of ether oxygens (including phenoxy) is 1. The van der Waals surface area contributed by atoms with Gasteiger partial charge in [0, 0.05) is 5.69 Å². The van der Waals surface area contributed by atoms with Gasteiger partial charge in [-0.25, -0.2) is 0 Å². The number of nitrogen functional groups attached to an aromatic ring is 1. The summed E-state index contributed by atoms with van der Waals surface area (Å²) in [6.07, 6.45) is 1.72. The smallest absolute Gasteiger partial charge is 0.309 e. The van der Waals surface area contributed by atoms with E-state index in [1.54, 1.807) is 47.2 Å². The van der Waals surface area contributed by atoms with E-state index < -0.39 is 0 Å². The van der Waals surface area contributed by atoms with E-state index in [1.165, 1.54) is 7.11 Å². The fraction of sp³-hybridized carbons (Fsp3) is 0.167. The molecule has 1 aromatic carbocycles. The Hall–Kier alpha value is -2.91. The summed E-state index contributed by atoms with van der Waals surface area (Å²) in [7, 11) is 1.35. The number of aromatic nitrogens is 1. The Bertz CT molecular complexity index is 1000. The topological polar surface area (TPSA) is 99.5 Å². The quantitative estimate of drug-likeness (QED) is 0.485. The summed E-state index contributed by atoms with van der Waals surface area (Å²) < 4.78 is 11.9. The van der Waals surface area contributed by atoms with E-state index in [2.05, 4.69) is 10.1 Å². The number of hydrogen-bond acceptors (Lipinski definition) is 7. The Morgan fingerprint density at radius 3 is 2.67 bits per heavy atom. The zero-order valence-corrected chi connectivity index (χ0v) is 16.1. The Labute approximate surface area is 164 Å². The van der Waals surface area contributed by atoms with Gasteiger partial charge in [-0.2, -0.15) is 0 Å². The maximum absolute atomic E-state index is 12.4. The molecule has 1 amide bonds. The van der Waals surface area contributed by atoms with E-state index in [-0.39, 0.29) is 30.7 Å². The maximum Gasteiger partial charge on any atom is 0.309 e. The number of esters is 1. The van der Waals surface area contributed by atoms with Crippen molar-refractivity contribution in [2.75, 3.05) is 12.8 Å². The van der Waals surface area contributed by atoms with Crippen LogP contribution in [0.3, 0.4) is 0 Å². The van der Waals surface area contributed by atoms with E-state index >= 15 is 0 Å². The predicted molar refractivity (Wildman–Crippen MR) is 104 cm³/mol. The predicted octanol–water partition coefficient (Wildman–Crippen LogP) is 3.09. The minimum atomic E-state index is -0.318. The normalized spacial score (nSPS) is 10.6. The molecule has 0 fully saturated rings. The van der Waals surface area contributed by atoms with Crippen LogP contribution in [0.5, 0.6) is 0 Å². The summed E-state index contributed by atoms with van der Waals surface area (Å²) >= 11 is 6.51. The van der Waals surface area contributed by atoms with Gasteiger partial charge in [0.15, 0.2) is 3.95 Å². The standard InChI is InChI=1S/C18H17N3O4S2/c1-24-14(22)9-11-4-6-12(7-5-11)21-16(19)15(27-18(21)26)17(23)20-10-13-3-2-8-25-13/h2-8H,9-10,19H2,1H3,(H,20,23). The third-order valence-corrected chi connectivity index (χ3v) is 5.21. The van der Waals surface area contributed by atoms with Gasteiger partial charge in [0.2, 0.25) is 0 Å². The molecule has 0 aliphatic rings. The summed E-state index contributed by atoms with van der Waals surface area (Å²) in [5.41, 5.74) is 7.70. The molecule has 0 bridgehead atoms. The van der Waals surface area contributed by atoms with Crippen molar-refractivity contribution in [1.82, 2.24) is 9.88 Å². The first kappa shape index (κ1) is 18.9. The molecule has 0 saturated heterocycles. The molecule has 0 radical (unpaired) electrons. The second-order valence-electron chi connectivity index (χ2n) is 5.60. The molecule has 0 atom stereocenters. The highest BCUT2D eigenvalue weighted by molar-refractivity contribution is 7.73. The van der Waals surface area contributed by atoms with Crippen molar-refractivity contribution in [2.24, 2.45) is 0 Å². The molecular formula is C18H17N3O4S2. The molecule has 3 aromatic rings. The van der Waals surface area contributed by atoms with E-state index in [1.807, 2.05) is 0 Å². The number of nitrogens with zero attached hydrogens (tertiary/aromatic N) is 1. The molecule has 9 heteroatoms. The van der Waals surface area contributed by atoms with Gasteiger partial charge in [0.05, 0.1) is 26.3 Å². The van der Waals surface area contributed by atoms with Crippen molar-refractivity contribution < 1.29 is 18.7 Å². The Morgan fingerprint density at radius 1 is 1.30 bits per heavy atom. The number of thiazole rings is 1. The fourth-order valence-electron chi connectivity index (χ4n) is 2.45.